The van der Waals surface area contributed by atoms with Crippen molar-refractivity contribution in [1.82, 2.24) is 18.9 Å². The lowest BCUT2D eigenvalue weighted by atomic mass is 10.2. The van der Waals surface area contributed by atoms with Crippen LogP contribution in [0.5, 0.6) is 17.2 Å². The lowest BCUT2D eigenvalue weighted by molar-refractivity contribution is -0.133. The van der Waals surface area contributed by atoms with Crippen LogP contribution in [0.2, 0.25) is 0 Å². The average molecular weight is 442 g/mol. The number of aryl methyl sites for hydroxylation is 1. The number of nitrogens with zero attached hydrogens (tertiary/aromatic N) is 4. The van der Waals surface area contributed by atoms with Gasteiger partial charge in [0.1, 0.15) is 16.9 Å². The van der Waals surface area contributed by atoms with Gasteiger partial charge in [-0.05, 0) is 29.8 Å². The van der Waals surface area contributed by atoms with E-state index in [0.29, 0.717) is 12.3 Å². The van der Waals surface area contributed by atoms with Gasteiger partial charge in [-0.2, -0.15) is 0 Å². The molecule has 1 aliphatic rings. The Labute approximate surface area is 189 Å². The fourth-order valence-electron chi connectivity index (χ4n) is 4.34. The molecule has 0 radical (unpaired) electrons. The first-order valence-corrected chi connectivity index (χ1v) is 11.0. The molecule has 2 aromatic carbocycles. The van der Waals surface area contributed by atoms with Crippen molar-refractivity contribution in [3.8, 4) is 17.2 Å². The Morgan fingerprint density at radius 2 is 1.91 bits per heavy atom. The lowest BCUT2D eigenvalue weighted by Crippen LogP contribution is -2.06. The van der Waals surface area contributed by atoms with Crippen LogP contribution in [0.3, 0.4) is 0 Å². The summed E-state index contributed by atoms with van der Waals surface area (Å²) in [6.45, 7) is 4.62. The molecule has 0 spiro atoms. The molecule has 166 valence electrons. The molecule has 33 heavy (non-hydrogen) atoms. The van der Waals surface area contributed by atoms with Crippen LogP contribution in [0, 0.1) is 0 Å². The quantitative estimate of drug-likeness (QED) is 0.373. The lowest BCUT2D eigenvalue weighted by Gasteiger charge is -2.09. The SMILES string of the molecule is CCC(=O)Oc1cn(Cc2ccc3c(c2)OCO3)c2nc(CC)n3c4ccccc4nc3c12. The number of carbonyl (C=O) groups is 1. The van der Waals surface area contributed by atoms with Crippen molar-refractivity contribution in [1.29, 1.82) is 0 Å². The molecule has 0 atom stereocenters. The van der Waals surface area contributed by atoms with Crippen molar-refractivity contribution in [3.05, 3.63) is 60.0 Å². The van der Waals surface area contributed by atoms with E-state index in [0.717, 1.165) is 57.0 Å². The second kappa shape index (κ2) is 7.51. The molecular weight excluding hydrogens is 420 g/mol. The zero-order valence-electron chi connectivity index (χ0n) is 18.4. The molecule has 0 N–H and O–H groups in total. The minimum Gasteiger partial charge on any atom is -0.454 e. The Kier molecular flexibility index (Phi) is 4.46. The third-order valence-electron chi connectivity index (χ3n) is 5.91. The Balaban J connectivity index is 1.59. The number of aromatic nitrogens is 4. The summed E-state index contributed by atoms with van der Waals surface area (Å²) in [5.41, 5.74) is 4.35. The van der Waals surface area contributed by atoms with Gasteiger partial charge in [-0.1, -0.05) is 32.0 Å². The molecule has 8 heteroatoms. The Hall–Kier alpha value is -4.07. The van der Waals surface area contributed by atoms with Crippen molar-refractivity contribution in [2.24, 2.45) is 0 Å². The molecule has 0 fully saturated rings. The van der Waals surface area contributed by atoms with Crippen LogP contribution in [0.1, 0.15) is 31.7 Å². The minimum absolute atomic E-state index is 0.231. The molecule has 6 rings (SSSR count). The molecule has 5 aromatic rings. The molecule has 0 saturated heterocycles. The van der Waals surface area contributed by atoms with Crippen LogP contribution in [0.25, 0.3) is 27.7 Å². The number of hydrogen-bond donors (Lipinski definition) is 0. The topological polar surface area (TPSA) is 79.9 Å². The van der Waals surface area contributed by atoms with Crippen LogP contribution >= 0.6 is 0 Å². The van der Waals surface area contributed by atoms with E-state index in [-0.39, 0.29) is 19.2 Å². The van der Waals surface area contributed by atoms with Gasteiger partial charge >= 0.3 is 5.97 Å². The van der Waals surface area contributed by atoms with Gasteiger partial charge in [-0.25, -0.2) is 9.97 Å². The normalized spacial score (nSPS) is 12.8. The number of hydrogen-bond acceptors (Lipinski definition) is 6. The fourth-order valence-corrected chi connectivity index (χ4v) is 4.34. The summed E-state index contributed by atoms with van der Waals surface area (Å²) in [6.07, 6.45) is 2.85. The van der Waals surface area contributed by atoms with E-state index >= 15 is 0 Å². The maximum absolute atomic E-state index is 12.2. The van der Waals surface area contributed by atoms with Crippen molar-refractivity contribution < 1.29 is 19.0 Å². The van der Waals surface area contributed by atoms with Crippen LogP contribution in [0.15, 0.2) is 48.7 Å². The first-order valence-electron chi connectivity index (χ1n) is 11.0. The molecule has 0 bridgehead atoms. The number of imidazole rings is 1. The summed E-state index contributed by atoms with van der Waals surface area (Å²) in [7, 11) is 0. The first-order chi connectivity index (χ1) is 16.2. The number of rotatable bonds is 5. The van der Waals surface area contributed by atoms with E-state index in [1.165, 1.54) is 0 Å². The first kappa shape index (κ1) is 19.6. The summed E-state index contributed by atoms with van der Waals surface area (Å²) in [5, 5.41) is 0.728. The minimum atomic E-state index is -0.300. The standard InChI is InChI=1S/C25H22N4O4/c1-3-21-27-24-23(25-26-16-7-5-6-8-17(16)29(21)25)20(33-22(30)4-2)13-28(24)12-15-9-10-18-19(11-15)32-14-31-18/h5-11,13H,3-4,12,14H2,1-2H3. The maximum atomic E-state index is 12.2. The summed E-state index contributed by atoms with van der Waals surface area (Å²) in [4.78, 5) is 22.1. The second-order valence-corrected chi connectivity index (χ2v) is 7.98. The van der Waals surface area contributed by atoms with E-state index in [2.05, 4.69) is 11.3 Å². The Morgan fingerprint density at radius 3 is 2.76 bits per heavy atom. The molecule has 3 aromatic heterocycles. The molecule has 0 unspecified atom stereocenters. The highest BCUT2D eigenvalue weighted by molar-refractivity contribution is 6.01. The third-order valence-corrected chi connectivity index (χ3v) is 5.91. The molecule has 0 aliphatic carbocycles. The van der Waals surface area contributed by atoms with Crippen molar-refractivity contribution >= 4 is 33.7 Å². The molecule has 0 saturated carbocycles. The number of ether oxygens (including phenoxy) is 3. The van der Waals surface area contributed by atoms with Crippen molar-refractivity contribution in [2.45, 2.75) is 33.2 Å². The van der Waals surface area contributed by atoms with Crippen LogP contribution in [-0.4, -0.2) is 31.7 Å². The molecule has 0 amide bonds. The van der Waals surface area contributed by atoms with Gasteiger partial charge in [0, 0.05) is 25.6 Å². The van der Waals surface area contributed by atoms with E-state index in [9.17, 15) is 4.79 Å². The van der Waals surface area contributed by atoms with Crippen molar-refractivity contribution in [2.75, 3.05) is 6.79 Å². The van der Waals surface area contributed by atoms with Gasteiger partial charge in [0.05, 0.1) is 11.0 Å². The summed E-state index contributed by atoms with van der Waals surface area (Å²) >= 11 is 0. The molecule has 1 aliphatic heterocycles. The predicted octanol–water partition coefficient (Wildman–Crippen LogP) is 4.49. The van der Waals surface area contributed by atoms with E-state index in [1.54, 1.807) is 6.92 Å². The van der Waals surface area contributed by atoms with Gasteiger partial charge in [0.15, 0.2) is 22.9 Å². The zero-order chi connectivity index (χ0) is 22.5. The number of carbonyl (C=O) groups excluding carboxylic acids is 1. The second-order valence-electron chi connectivity index (χ2n) is 7.98. The van der Waals surface area contributed by atoms with E-state index < -0.39 is 0 Å². The van der Waals surface area contributed by atoms with Gasteiger partial charge in [0.2, 0.25) is 6.79 Å². The van der Waals surface area contributed by atoms with E-state index in [4.69, 9.17) is 24.2 Å². The number of benzene rings is 2. The monoisotopic (exact) mass is 442 g/mol. The van der Waals surface area contributed by atoms with Crippen LogP contribution < -0.4 is 14.2 Å². The molecular formula is C25H22N4O4. The summed E-state index contributed by atoms with van der Waals surface area (Å²) < 4.78 is 20.8. The summed E-state index contributed by atoms with van der Waals surface area (Å²) in [5.74, 6) is 2.53. The van der Waals surface area contributed by atoms with E-state index in [1.807, 2.05) is 53.2 Å². The third kappa shape index (κ3) is 3.09. The van der Waals surface area contributed by atoms with Crippen molar-refractivity contribution in [3.63, 3.8) is 0 Å². The fraction of sp³-hybridized carbons (Fsp3) is 0.240. The maximum Gasteiger partial charge on any atom is 0.310 e. The van der Waals surface area contributed by atoms with Gasteiger partial charge in [0.25, 0.3) is 0 Å². The molecule has 8 nitrogen and oxygen atoms in total. The number of para-hydroxylation sites is 2. The average Bonchev–Trinajstić information content (AvgIpc) is 3.54. The highest BCUT2D eigenvalue weighted by atomic mass is 16.7. The smallest absolute Gasteiger partial charge is 0.310 e. The predicted molar refractivity (Wildman–Crippen MR) is 123 cm³/mol. The Bertz CT molecular complexity index is 1550. The van der Waals surface area contributed by atoms with Gasteiger partial charge in [-0.15, -0.1) is 0 Å². The van der Waals surface area contributed by atoms with Crippen LogP contribution in [-0.2, 0) is 17.8 Å². The zero-order valence-corrected chi connectivity index (χ0v) is 18.4. The molecule has 4 heterocycles. The largest absolute Gasteiger partial charge is 0.454 e. The van der Waals surface area contributed by atoms with Crippen LogP contribution in [0.4, 0.5) is 0 Å². The number of fused-ring (bicyclic) bond motifs is 6. The van der Waals surface area contributed by atoms with Gasteiger partial charge in [-0.3, -0.25) is 9.20 Å². The highest BCUT2D eigenvalue weighted by Crippen LogP contribution is 2.36. The Morgan fingerprint density at radius 1 is 1.06 bits per heavy atom. The summed E-state index contributed by atoms with van der Waals surface area (Å²) in [6, 6.07) is 13.8. The number of esters is 1. The highest BCUT2D eigenvalue weighted by Gasteiger charge is 2.22. The van der Waals surface area contributed by atoms with Gasteiger partial charge < -0.3 is 18.8 Å².